The van der Waals surface area contributed by atoms with Gasteiger partial charge < -0.3 is 10.8 Å². The molecule has 0 aromatic carbocycles. The maximum atomic E-state index is 9.00. The van der Waals surface area contributed by atoms with E-state index in [0.717, 1.165) is 32.5 Å². The molecule has 1 aliphatic rings. The lowest BCUT2D eigenvalue weighted by atomic mass is 9.90. The second-order valence-electron chi connectivity index (χ2n) is 4.81. The van der Waals surface area contributed by atoms with Crippen LogP contribution >= 0.6 is 27.3 Å². The zero-order valence-corrected chi connectivity index (χ0v) is 12.2. The highest BCUT2D eigenvalue weighted by molar-refractivity contribution is 9.11. The van der Waals surface area contributed by atoms with Crippen molar-refractivity contribution in [2.75, 3.05) is 26.2 Å². The van der Waals surface area contributed by atoms with Gasteiger partial charge in [0.2, 0.25) is 0 Å². The van der Waals surface area contributed by atoms with E-state index in [2.05, 4.69) is 32.3 Å². The van der Waals surface area contributed by atoms with Gasteiger partial charge in [-0.2, -0.15) is 0 Å². The average Bonchev–Trinajstić information content (AvgIpc) is 2.63. The molecule has 96 valence electrons. The van der Waals surface area contributed by atoms with Gasteiger partial charge in [-0.25, -0.2) is 0 Å². The Morgan fingerprint density at radius 3 is 3.00 bits per heavy atom. The van der Waals surface area contributed by atoms with Crippen LogP contribution in [-0.4, -0.2) is 42.3 Å². The van der Waals surface area contributed by atoms with Gasteiger partial charge in [0.25, 0.3) is 0 Å². The molecule has 2 heterocycles. The third kappa shape index (κ3) is 4.03. The predicted octanol–water partition coefficient (Wildman–Crippen LogP) is 1.69. The number of likely N-dealkylation sites (tertiary alicyclic amines) is 1. The Bertz CT molecular complexity index is 358. The maximum absolute atomic E-state index is 9.00. The lowest BCUT2D eigenvalue weighted by Crippen LogP contribution is -2.48. The molecule has 1 fully saturated rings. The first kappa shape index (κ1) is 13.5. The van der Waals surface area contributed by atoms with Crippen molar-refractivity contribution in [2.24, 2.45) is 11.7 Å². The number of aliphatic hydroxyl groups excluding tert-OH is 1. The zero-order valence-electron chi connectivity index (χ0n) is 9.81. The van der Waals surface area contributed by atoms with Crippen molar-refractivity contribution >= 4 is 27.3 Å². The van der Waals surface area contributed by atoms with Crippen molar-refractivity contribution < 1.29 is 5.11 Å². The highest BCUT2D eigenvalue weighted by Gasteiger charge is 2.24. The van der Waals surface area contributed by atoms with E-state index in [-0.39, 0.29) is 12.6 Å². The van der Waals surface area contributed by atoms with Gasteiger partial charge in [0.05, 0.1) is 10.4 Å². The van der Waals surface area contributed by atoms with Crippen LogP contribution in [0.2, 0.25) is 0 Å². The van der Waals surface area contributed by atoms with Crippen LogP contribution in [0.5, 0.6) is 0 Å². The molecule has 0 bridgehead atoms. The van der Waals surface area contributed by atoms with E-state index in [0.29, 0.717) is 5.92 Å². The summed E-state index contributed by atoms with van der Waals surface area (Å²) in [5, 5.41) is 11.2. The van der Waals surface area contributed by atoms with Gasteiger partial charge in [0.15, 0.2) is 0 Å². The Balaban J connectivity index is 1.91. The molecule has 1 aromatic heterocycles. The monoisotopic (exact) mass is 318 g/mol. The summed E-state index contributed by atoms with van der Waals surface area (Å²) in [6.07, 6.45) is 2.19. The molecule has 2 atom stereocenters. The molecule has 0 amide bonds. The molecule has 0 aliphatic carbocycles. The van der Waals surface area contributed by atoms with Gasteiger partial charge >= 0.3 is 0 Å². The summed E-state index contributed by atoms with van der Waals surface area (Å²) in [5.74, 6) is 0.617. The number of β-amino-alcohol motifs (C(OH)–C–C–N with tert-alkyl or cyclic N) is 1. The lowest BCUT2D eigenvalue weighted by molar-refractivity contribution is 0.127. The van der Waals surface area contributed by atoms with Crippen molar-refractivity contribution in [1.29, 1.82) is 0 Å². The minimum absolute atomic E-state index is 0.226. The van der Waals surface area contributed by atoms with E-state index in [1.54, 1.807) is 11.3 Å². The van der Waals surface area contributed by atoms with Crippen molar-refractivity contribution in [2.45, 2.75) is 18.9 Å². The molecule has 0 saturated carbocycles. The Morgan fingerprint density at radius 1 is 1.53 bits per heavy atom. The van der Waals surface area contributed by atoms with Crippen LogP contribution < -0.4 is 5.73 Å². The number of halogens is 1. The number of hydrogen-bond acceptors (Lipinski definition) is 4. The highest BCUT2D eigenvalue weighted by atomic mass is 79.9. The van der Waals surface area contributed by atoms with Crippen LogP contribution in [0.4, 0.5) is 0 Å². The largest absolute Gasteiger partial charge is 0.395 e. The SMILES string of the molecule is NC1CC(Cc2csc(Br)c2)CN(CCO)C1. The summed E-state index contributed by atoms with van der Waals surface area (Å²) in [4.78, 5) is 2.28. The van der Waals surface area contributed by atoms with Crippen molar-refractivity contribution in [3.8, 4) is 0 Å². The average molecular weight is 319 g/mol. The molecular weight excluding hydrogens is 300 g/mol. The molecule has 2 rings (SSSR count). The number of thiophene rings is 1. The molecule has 0 radical (unpaired) electrons. The molecular formula is C12H19BrN2OS. The number of nitrogens with two attached hydrogens (primary N) is 1. The molecule has 0 spiro atoms. The Morgan fingerprint density at radius 2 is 2.35 bits per heavy atom. The van der Waals surface area contributed by atoms with E-state index < -0.39 is 0 Å². The van der Waals surface area contributed by atoms with E-state index >= 15 is 0 Å². The molecule has 1 aliphatic heterocycles. The van der Waals surface area contributed by atoms with E-state index in [4.69, 9.17) is 10.8 Å². The second-order valence-corrected chi connectivity index (χ2v) is 7.10. The first-order valence-corrected chi connectivity index (χ1v) is 7.66. The molecule has 1 aromatic rings. The van der Waals surface area contributed by atoms with Crippen LogP contribution in [0.3, 0.4) is 0 Å². The second kappa shape index (κ2) is 6.29. The Labute approximate surface area is 115 Å². The van der Waals surface area contributed by atoms with Crippen molar-refractivity contribution in [1.82, 2.24) is 4.90 Å². The van der Waals surface area contributed by atoms with Gasteiger partial charge in [0, 0.05) is 25.7 Å². The molecule has 5 heteroatoms. The van der Waals surface area contributed by atoms with E-state index in [1.165, 1.54) is 9.35 Å². The fourth-order valence-corrected chi connectivity index (χ4v) is 3.83. The third-order valence-electron chi connectivity index (χ3n) is 3.21. The van der Waals surface area contributed by atoms with Crippen LogP contribution in [0.15, 0.2) is 15.2 Å². The number of aliphatic hydroxyl groups is 1. The van der Waals surface area contributed by atoms with Gasteiger partial charge in [-0.05, 0) is 51.7 Å². The zero-order chi connectivity index (χ0) is 12.3. The Hall–Kier alpha value is 0.0600. The fraction of sp³-hybridized carbons (Fsp3) is 0.667. The van der Waals surface area contributed by atoms with Gasteiger partial charge in [-0.15, -0.1) is 11.3 Å². The summed E-state index contributed by atoms with van der Waals surface area (Å²) in [7, 11) is 0. The first-order chi connectivity index (χ1) is 8.17. The van der Waals surface area contributed by atoms with Crippen molar-refractivity contribution in [3.63, 3.8) is 0 Å². The van der Waals surface area contributed by atoms with Crippen molar-refractivity contribution in [3.05, 3.63) is 20.8 Å². The number of piperidine rings is 1. The summed E-state index contributed by atoms with van der Waals surface area (Å²) >= 11 is 5.23. The van der Waals surface area contributed by atoms with Crippen LogP contribution in [0.25, 0.3) is 0 Å². The van der Waals surface area contributed by atoms with Gasteiger partial charge in [-0.1, -0.05) is 0 Å². The quantitative estimate of drug-likeness (QED) is 0.888. The number of hydrogen-bond donors (Lipinski definition) is 2. The number of nitrogens with zero attached hydrogens (tertiary/aromatic N) is 1. The minimum atomic E-state index is 0.226. The summed E-state index contributed by atoms with van der Waals surface area (Å²) in [6.45, 7) is 2.95. The predicted molar refractivity (Wildman–Crippen MR) is 75.3 cm³/mol. The molecule has 3 N–H and O–H groups in total. The molecule has 3 nitrogen and oxygen atoms in total. The third-order valence-corrected chi connectivity index (χ3v) is 4.76. The van der Waals surface area contributed by atoms with Gasteiger partial charge in [0.1, 0.15) is 0 Å². The van der Waals surface area contributed by atoms with Gasteiger partial charge in [-0.3, -0.25) is 4.90 Å². The standard InChI is InChI=1S/C12H19BrN2OS/c13-12-5-10(8-17-12)3-9-4-11(14)7-15(6-9)1-2-16/h5,8-9,11,16H,1-4,6-7,14H2. The molecule has 2 unspecified atom stereocenters. The first-order valence-electron chi connectivity index (χ1n) is 5.99. The smallest absolute Gasteiger partial charge is 0.0701 e. The fourth-order valence-electron chi connectivity index (χ4n) is 2.61. The van der Waals surface area contributed by atoms with Crippen LogP contribution in [0, 0.1) is 5.92 Å². The van der Waals surface area contributed by atoms with E-state index in [9.17, 15) is 0 Å². The maximum Gasteiger partial charge on any atom is 0.0701 e. The minimum Gasteiger partial charge on any atom is -0.395 e. The highest BCUT2D eigenvalue weighted by Crippen LogP contribution is 2.25. The lowest BCUT2D eigenvalue weighted by Gasteiger charge is -2.35. The molecule has 17 heavy (non-hydrogen) atoms. The van der Waals surface area contributed by atoms with Crippen LogP contribution in [-0.2, 0) is 6.42 Å². The molecule has 1 saturated heterocycles. The summed E-state index contributed by atoms with van der Waals surface area (Å²) in [5.41, 5.74) is 7.47. The Kier molecular flexibility index (Phi) is 4.99. The number of rotatable bonds is 4. The van der Waals surface area contributed by atoms with Crippen LogP contribution in [0.1, 0.15) is 12.0 Å². The topological polar surface area (TPSA) is 49.5 Å². The summed E-state index contributed by atoms with van der Waals surface area (Å²) < 4.78 is 1.19. The van der Waals surface area contributed by atoms with E-state index in [1.807, 2.05) is 0 Å². The summed E-state index contributed by atoms with van der Waals surface area (Å²) in [6, 6.07) is 2.45. The normalized spacial score (nSPS) is 26.3.